The molecule has 10 heteroatoms. The first-order valence-electron chi connectivity index (χ1n) is 44.6. The molecule has 0 fully saturated rings. The smallest absolute Gasteiger partial charge is 0.159 e. The Balaban J connectivity index is 0.610. The summed E-state index contributed by atoms with van der Waals surface area (Å²) in [5.41, 5.74) is 32.1. The van der Waals surface area contributed by atoms with Gasteiger partial charge in [-0.1, -0.05) is 266 Å². The van der Waals surface area contributed by atoms with Gasteiger partial charge in [-0.25, -0.2) is 0 Å². The van der Waals surface area contributed by atoms with Gasteiger partial charge in [0.05, 0.1) is 45.5 Å². The lowest BCUT2D eigenvalue weighted by atomic mass is 9.93. The van der Waals surface area contributed by atoms with E-state index in [0.29, 0.717) is 0 Å². The molecule has 0 atom stereocenters. The second-order valence-electron chi connectivity index (χ2n) is 35.2. The Hall–Kier alpha value is -16.6. The van der Waals surface area contributed by atoms with E-state index in [9.17, 15) is 0 Å². The molecule has 618 valence electrons. The second kappa shape index (κ2) is 28.5. The van der Waals surface area contributed by atoms with Gasteiger partial charge < -0.3 is 46.1 Å². The molecule has 26 rings (SSSR count). The zero-order valence-corrected chi connectivity index (χ0v) is 72.7. The van der Waals surface area contributed by atoms with E-state index < -0.39 is 0 Å². The first-order chi connectivity index (χ1) is 63.8. The van der Waals surface area contributed by atoms with Gasteiger partial charge in [0.15, 0.2) is 22.3 Å². The van der Waals surface area contributed by atoms with Gasteiger partial charge in [0.2, 0.25) is 0 Å². The van der Waals surface area contributed by atoms with Gasteiger partial charge in [-0.3, -0.25) is 0 Å². The van der Waals surface area contributed by atoms with E-state index in [2.05, 4.69) is 427 Å². The SMILES string of the molecule is Cc1ccc(N(c2cc3oc4cc(N(c5ccc(C)cc5)c5cccc6c5oc5c(C)c(-c7ccc8c(oc9c(N(c%10ccccc%10C)c%10cc%11oc%12cc(N(c%13ccccc%13C)c%13cccc%14c%13oc%13c(C)cccc%13%14)c%13ccccc%13c%12c%11c%11ccccc%10%11)cccc98)c7C)ccc56)c5ccccc5c4c3c3ccccc23)c2cccc3c2oc2c(C)cccc23)cc1. The minimum atomic E-state index is 0.763. The summed E-state index contributed by atoms with van der Waals surface area (Å²) in [7, 11) is 0. The third-order valence-electron chi connectivity index (χ3n) is 27.6. The number of fused-ring (bicyclic) bond motifs is 26. The number of furan rings is 6. The molecule has 0 aliphatic carbocycles. The highest BCUT2D eigenvalue weighted by atomic mass is 16.4. The van der Waals surface area contributed by atoms with Crippen molar-refractivity contribution in [3.8, 4) is 11.1 Å². The molecule has 0 saturated heterocycles. The molecule has 0 radical (unpaired) electrons. The summed E-state index contributed by atoms with van der Waals surface area (Å²) < 4.78 is 44.0. The van der Waals surface area contributed by atoms with Gasteiger partial charge in [-0.15, -0.1) is 0 Å². The molecule has 0 aliphatic rings. The Morgan fingerprint density at radius 2 is 0.400 bits per heavy atom. The maximum absolute atomic E-state index is 7.56. The van der Waals surface area contributed by atoms with Crippen LogP contribution < -0.4 is 19.6 Å². The quantitative estimate of drug-likeness (QED) is 0.111. The van der Waals surface area contributed by atoms with Crippen LogP contribution in [0.25, 0.3) is 186 Å². The largest absolute Gasteiger partial charge is 0.456 e. The van der Waals surface area contributed by atoms with Crippen molar-refractivity contribution in [1.29, 1.82) is 0 Å². The summed E-state index contributed by atoms with van der Waals surface area (Å²) in [6, 6.07) is 127. The minimum absolute atomic E-state index is 0.763. The third kappa shape index (κ3) is 11.0. The number of hydrogen-bond donors (Lipinski definition) is 0. The number of hydrogen-bond acceptors (Lipinski definition) is 10. The van der Waals surface area contributed by atoms with Gasteiger partial charge in [0.25, 0.3) is 0 Å². The molecule has 20 aromatic carbocycles. The van der Waals surface area contributed by atoms with Crippen LogP contribution in [0.5, 0.6) is 0 Å². The third-order valence-corrected chi connectivity index (χ3v) is 27.6. The predicted octanol–water partition coefficient (Wildman–Crippen LogP) is 35.7. The van der Waals surface area contributed by atoms with Crippen molar-refractivity contribution in [2.45, 2.75) is 55.4 Å². The van der Waals surface area contributed by atoms with Gasteiger partial charge in [0.1, 0.15) is 44.7 Å². The number of nitrogens with zero attached hydrogens (tertiary/aromatic N) is 4. The van der Waals surface area contributed by atoms with Gasteiger partial charge in [-0.2, -0.15) is 0 Å². The number of para-hydroxylation sites is 8. The van der Waals surface area contributed by atoms with Crippen molar-refractivity contribution in [3.05, 3.63) is 396 Å². The van der Waals surface area contributed by atoms with Gasteiger partial charge in [0, 0.05) is 144 Å². The first-order valence-corrected chi connectivity index (χ1v) is 44.6. The summed E-state index contributed by atoms with van der Waals surface area (Å²) in [6.45, 7) is 17.3. The Morgan fingerprint density at radius 1 is 0.162 bits per heavy atom. The summed E-state index contributed by atoms with van der Waals surface area (Å²) in [4.78, 5) is 9.48. The number of benzene rings is 20. The Bertz CT molecular complexity index is 9340. The second-order valence-corrected chi connectivity index (χ2v) is 35.2. The van der Waals surface area contributed by atoms with Crippen molar-refractivity contribution >= 4 is 243 Å². The molecule has 0 saturated carbocycles. The average molecular weight is 1680 g/mol. The molecule has 0 bridgehead atoms. The fourth-order valence-corrected chi connectivity index (χ4v) is 21.4. The van der Waals surface area contributed by atoms with Crippen LogP contribution in [-0.2, 0) is 0 Å². The highest BCUT2D eigenvalue weighted by Gasteiger charge is 2.33. The van der Waals surface area contributed by atoms with Crippen molar-refractivity contribution in [3.63, 3.8) is 0 Å². The van der Waals surface area contributed by atoms with Gasteiger partial charge >= 0.3 is 0 Å². The monoisotopic (exact) mass is 1670 g/mol. The molecular weight excluding hydrogens is 1590 g/mol. The fraction of sp³-hybridized carbons (Fsp3) is 0.0667. The van der Waals surface area contributed by atoms with Crippen LogP contribution in [-0.4, -0.2) is 0 Å². The predicted molar refractivity (Wildman–Crippen MR) is 542 cm³/mol. The maximum Gasteiger partial charge on any atom is 0.159 e. The molecular formula is C120H82N4O6. The topological polar surface area (TPSA) is 91.8 Å². The van der Waals surface area contributed by atoms with Crippen LogP contribution in [0, 0.1) is 55.4 Å². The highest BCUT2D eigenvalue weighted by Crippen LogP contribution is 2.57. The van der Waals surface area contributed by atoms with Crippen LogP contribution >= 0.6 is 0 Å². The Morgan fingerprint density at radius 3 is 0.723 bits per heavy atom. The summed E-state index contributed by atoms with van der Waals surface area (Å²) in [5, 5.41) is 21.2. The van der Waals surface area contributed by atoms with Crippen LogP contribution in [0.1, 0.15) is 44.5 Å². The van der Waals surface area contributed by atoms with E-state index in [4.69, 9.17) is 26.5 Å². The van der Waals surface area contributed by atoms with E-state index in [0.717, 1.165) is 293 Å². The van der Waals surface area contributed by atoms with E-state index in [-0.39, 0.29) is 0 Å². The zero-order valence-electron chi connectivity index (χ0n) is 72.7. The average Bonchev–Trinajstić information content (AvgIpc) is 1.53. The molecule has 0 N–H and O–H groups in total. The number of rotatable bonds is 13. The lowest BCUT2D eigenvalue weighted by molar-refractivity contribution is 0.664. The maximum atomic E-state index is 7.56. The molecule has 0 amide bonds. The Kier molecular flexibility index (Phi) is 16.4. The number of anilines is 12. The molecule has 0 unspecified atom stereocenters. The van der Waals surface area contributed by atoms with E-state index >= 15 is 0 Å². The normalized spacial score (nSPS) is 12.2. The van der Waals surface area contributed by atoms with Crippen molar-refractivity contribution in [2.24, 2.45) is 0 Å². The van der Waals surface area contributed by atoms with E-state index in [1.165, 1.54) is 5.56 Å². The van der Waals surface area contributed by atoms with Crippen LogP contribution in [0.2, 0.25) is 0 Å². The summed E-state index contributed by atoms with van der Waals surface area (Å²) in [6.07, 6.45) is 0. The molecule has 26 aromatic rings. The Labute approximate surface area is 747 Å². The van der Waals surface area contributed by atoms with Crippen LogP contribution in [0.4, 0.5) is 68.2 Å². The molecule has 10 nitrogen and oxygen atoms in total. The van der Waals surface area contributed by atoms with Gasteiger partial charge in [-0.05, 0) is 183 Å². The molecule has 130 heavy (non-hydrogen) atoms. The van der Waals surface area contributed by atoms with Crippen molar-refractivity contribution in [1.82, 2.24) is 0 Å². The molecule has 0 aliphatic heterocycles. The highest BCUT2D eigenvalue weighted by molar-refractivity contribution is 6.33. The first kappa shape index (κ1) is 74.8. The summed E-state index contributed by atoms with van der Waals surface area (Å²) >= 11 is 0. The van der Waals surface area contributed by atoms with E-state index in [1.807, 2.05) is 0 Å². The fourth-order valence-electron chi connectivity index (χ4n) is 21.4. The van der Waals surface area contributed by atoms with E-state index in [1.54, 1.807) is 0 Å². The standard InChI is InChI=1S/C120H82N4O6/c1-67-51-55-75(56-52-67)121(97-47-23-41-89-87-39-21-29-71(5)113(87)127-117(89)97)101-63-105-109(83-35-15-11-31-79(83)101)110-84-36-16-12-32-80(84)102(64-106(110)125-105)122(76-57-53-68(2)54-58-76)98-48-24-43-91-93-61-59-77(73(7)115(93)129-118(91)98)78-60-62-94-92-44-26-50-100(120(92)130-116(94)74(78)8)124(96-46-20-10-28-70(96)4)104-66-108-112(86-38-18-14-34-82(86)104)111-85-37-17-13-33-81(85)103(65-107(111)126-108)123(95-45-19-9-27-69(95)3)99-49-25-42-90-88-40-22-30-72(6)114(88)128-119(90)99/h9-66H,1-8H3. The molecule has 6 heterocycles. The molecule has 6 aromatic heterocycles. The zero-order chi connectivity index (χ0) is 86.7. The van der Waals surface area contributed by atoms with Crippen LogP contribution in [0.15, 0.2) is 378 Å². The molecule has 0 spiro atoms. The lowest BCUT2D eigenvalue weighted by Gasteiger charge is -2.28. The van der Waals surface area contributed by atoms with Crippen molar-refractivity contribution < 1.29 is 26.5 Å². The number of aryl methyl sites for hydroxylation is 8. The minimum Gasteiger partial charge on any atom is -0.456 e. The van der Waals surface area contributed by atoms with Crippen LogP contribution in [0.3, 0.4) is 0 Å². The summed E-state index contributed by atoms with van der Waals surface area (Å²) in [5.74, 6) is 0. The van der Waals surface area contributed by atoms with Crippen molar-refractivity contribution in [2.75, 3.05) is 19.6 Å². The lowest BCUT2D eigenvalue weighted by Crippen LogP contribution is -2.12.